The molecule has 8 nitrogen and oxygen atoms in total. The van der Waals surface area contributed by atoms with Crippen molar-refractivity contribution < 1.29 is 22.0 Å². The van der Waals surface area contributed by atoms with Crippen LogP contribution in [0.3, 0.4) is 0 Å². The standard InChI is InChI=1S/C23H27FN4O4S/c1-15(2)13-28(14-16(3)4)33(30,31)20-10-8-17(9-11-20)21(29)25-23-27-26-22(32-23)18-6-5-7-19(24)12-18/h5-12,15-16H,13-14H2,1-4H3,(H,25,27,29). The van der Waals surface area contributed by atoms with Gasteiger partial charge in [0.05, 0.1) is 4.90 Å². The van der Waals surface area contributed by atoms with Crippen molar-refractivity contribution in [2.24, 2.45) is 11.8 Å². The van der Waals surface area contributed by atoms with Gasteiger partial charge in [0, 0.05) is 24.2 Å². The normalized spacial score (nSPS) is 12.0. The number of halogens is 1. The van der Waals surface area contributed by atoms with Crippen LogP contribution in [0.4, 0.5) is 10.4 Å². The van der Waals surface area contributed by atoms with Gasteiger partial charge in [0.15, 0.2) is 0 Å². The van der Waals surface area contributed by atoms with Crippen LogP contribution in [0.1, 0.15) is 38.1 Å². The second-order valence-corrected chi connectivity index (χ2v) is 10.4. The number of nitrogens with zero attached hydrogens (tertiary/aromatic N) is 3. The smallest absolute Gasteiger partial charge is 0.322 e. The van der Waals surface area contributed by atoms with Crippen LogP contribution in [0.2, 0.25) is 0 Å². The molecule has 176 valence electrons. The number of rotatable bonds is 9. The highest BCUT2D eigenvalue weighted by molar-refractivity contribution is 7.89. The molecule has 0 bridgehead atoms. The highest BCUT2D eigenvalue weighted by Crippen LogP contribution is 2.22. The zero-order valence-electron chi connectivity index (χ0n) is 18.9. The van der Waals surface area contributed by atoms with Crippen LogP contribution >= 0.6 is 0 Å². The Balaban J connectivity index is 1.73. The summed E-state index contributed by atoms with van der Waals surface area (Å²) in [5.41, 5.74) is 0.601. The lowest BCUT2D eigenvalue weighted by molar-refractivity contribution is 0.102. The van der Waals surface area contributed by atoms with Gasteiger partial charge >= 0.3 is 6.01 Å². The first-order valence-corrected chi connectivity index (χ1v) is 12.0. The van der Waals surface area contributed by atoms with Gasteiger partial charge < -0.3 is 4.42 Å². The number of hydrogen-bond donors (Lipinski definition) is 1. The molecule has 0 fully saturated rings. The maximum Gasteiger partial charge on any atom is 0.322 e. The van der Waals surface area contributed by atoms with Crippen molar-refractivity contribution in [2.45, 2.75) is 32.6 Å². The molecule has 0 unspecified atom stereocenters. The minimum atomic E-state index is -3.69. The molecule has 1 heterocycles. The van der Waals surface area contributed by atoms with Gasteiger partial charge in [0.1, 0.15) is 5.82 Å². The van der Waals surface area contributed by atoms with Gasteiger partial charge in [0.25, 0.3) is 5.91 Å². The maximum atomic E-state index is 13.4. The van der Waals surface area contributed by atoms with Crippen molar-refractivity contribution in [3.05, 3.63) is 59.9 Å². The number of sulfonamides is 1. The van der Waals surface area contributed by atoms with Crippen LogP contribution < -0.4 is 5.32 Å². The average molecular weight is 475 g/mol. The summed E-state index contributed by atoms with van der Waals surface area (Å²) in [7, 11) is -3.69. The van der Waals surface area contributed by atoms with Crippen molar-refractivity contribution in [1.29, 1.82) is 0 Å². The highest BCUT2D eigenvalue weighted by Gasteiger charge is 2.26. The molecule has 0 saturated heterocycles. The van der Waals surface area contributed by atoms with E-state index in [1.54, 1.807) is 6.07 Å². The molecule has 1 amide bonds. The third-order valence-electron chi connectivity index (χ3n) is 4.61. The molecule has 3 aromatic rings. The molecule has 0 radical (unpaired) electrons. The quantitative estimate of drug-likeness (QED) is 0.492. The Morgan fingerprint density at radius 2 is 1.67 bits per heavy atom. The number of hydrogen-bond acceptors (Lipinski definition) is 6. The summed E-state index contributed by atoms with van der Waals surface area (Å²) >= 11 is 0. The summed E-state index contributed by atoms with van der Waals surface area (Å²) in [6.45, 7) is 8.68. The molecule has 0 atom stereocenters. The fourth-order valence-corrected chi connectivity index (χ4v) is 4.96. The molecule has 1 aromatic heterocycles. The molecule has 0 spiro atoms. The summed E-state index contributed by atoms with van der Waals surface area (Å²) in [5.74, 6) is -0.589. The number of benzene rings is 2. The minimum absolute atomic E-state index is 0.0571. The molecule has 0 aliphatic heterocycles. The Kier molecular flexibility index (Phi) is 7.60. The topological polar surface area (TPSA) is 105 Å². The predicted octanol–water partition coefficient (Wildman–Crippen LogP) is 4.43. The van der Waals surface area contributed by atoms with Gasteiger partial charge in [-0.15, -0.1) is 5.10 Å². The Morgan fingerprint density at radius 3 is 2.24 bits per heavy atom. The van der Waals surface area contributed by atoms with Crippen molar-refractivity contribution in [1.82, 2.24) is 14.5 Å². The minimum Gasteiger partial charge on any atom is -0.403 e. The van der Waals surface area contributed by atoms with Crippen LogP contribution in [0.25, 0.3) is 11.5 Å². The largest absolute Gasteiger partial charge is 0.403 e. The molecule has 0 aliphatic rings. The molecule has 3 rings (SSSR count). The van der Waals surface area contributed by atoms with Gasteiger partial charge in [-0.1, -0.05) is 38.9 Å². The second-order valence-electron chi connectivity index (χ2n) is 8.51. The summed E-state index contributed by atoms with van der Waals surface area (Å²) in [4.78, 5) is 12.7. The molecular weight excluding hydrogens is 447 g/mol. The van der Waals surface area contributed by atoms with E-state index in [2.05, 4.69) is 15.5 Å². The van der Waals surface area contributed by atoms with Crippen LogP contribution in [0.15, 0.2) is 57.8 Å². The molecule has 0 saturated carbocycles. The van der Waals surface area contributed by atoms with Crippen molar-refractivity contribution in [3.63, 3.8) is 0 Å². The first kappa shape index (κ1) is 24.5. The third-order valence-corrected chi connectivity index (χ3v) is 6.45. The van der Waals surface area contributed by atoms with Crippen molar-refractivity contribution >= 4 is 21.9 Å². The van der Waals surface area contributed by atoms with Crippen LogP contribution in [-0.2, 0) is 10.0 Å². The molecule has 1 N–H and O–H groups in total. The van der Waals surface area contributed by atoms with Crippen molar-refractivity contribution in [3.8, 4) is 11.5 Å². The van der Waals surface area contributed by atoms with Gasteiger partial charge in [-0.2, -0.15) is 4.31 Å². The first-order valence-electron chi connectivity index (χ1n) is 10.6. The second kappa shape index (κ2) is 10.2. The Morgan fingerprint density at radius 1 is 1.03 bits per heavy atom. The average Bonchev–Trinajstić information content (AvgIpc) is 3.21. The first-order chi connectivity index (χ1) is 15.6. The van der Waals surface area contributed by atoms with Crippen LogP contribution in [0.5, 0.6) is 0 Å². The summed E-state index contributed by atoms with van der Waals surface area (Å²) in [5, 5.41) is 10.0. The number of carbonyl (C=O) groups excluding carboxylic acids is 1. The van der Waals surface area contributed by atoms with E-state index in [9.17, 15) is 17.6 Å². The van der Waals surface area contributed by atoms with Crippen molar-refractivity contribution in [2.75, 3.05) is 18.4 Å². The fraction of sp³-hybridized carbons (Fsp3) is 0.348. The van der Waals surface area contributed by atoms with Crippen LogP contribution in [-0.4, -0.2) is 41.9 Å². The SMILES string of the molecule is CC(C)CN(CC(C)C)S(=O)(=O)c1ccc(C(=O)Nc2nnc(-c3cccc(F)c3)o2)cc1. The zero-order valence-corrected chi connectivity index (χ0v) is 19.8. The monoisotopic (exact) mass is 474 g/mol. The molecule has 0 aliphatic carbocycles. The van der Waals surface area contributed by atoms with E-state index in [-0.39, 0.29) is 34.2 Å². The summed E-state index contributed by atoms with van der Waals surface area (Å²) in [6, 6.07) is 11.1. The van der Waals surface area contributed by atoms with E-state index in [0.717, 1.165) is 0 Å². The van der Waals surface area contributed by atoms with E-state index in [0.29, 0.717) is 18.7 Å². The maximum absolute atomic E-state index is 13.4. The highest BCUT2D eigenvalue weighted by atomic mass is 32.2. The molecule has 2 aromatic carbocycles. The van der Waals surface area contributed by atoms with E-state index >= 15 is 0 Å². The Hall–Kier alpha value is -3.11. The van der Waals surface area contributed by atoms with Crippen LogP contribution in [0, 0.1) is 17.7 Å². The zero-order chi connectivity index (χ0) is 24.2. The van der Waals surface area contributed by atoms with E-state index < -0.39 is 21.7 Å². The number of anilines is 1. The fourth-order valence-electron chi connectivity index (χ4n) is 3.19. The predicted molar refractivity (Wildman–Crippen MR) is 123 cm³/mol. The van der Waals surface area contributed by atoms with E-state index in [1.807, 2.05) is 27.7 Å². The number of amides is 1. The van der Waals surface area contributed by atoms with E-state index in [4.69, 9.17) is 4.42 Å². The van der Waals surface area contributed by atoms with Gasteiger partial charge in [-0.05, 0) is 54.3 Å². The lowest BCUT2D eigenvalue weighted by atomic mass is 10.2. The summed E-state index contributed by atoms with van der Waals surface area (Å²) < 4.78 is 46.4. The lowest BCUT2D eigenvalue weighted by Gasteiger charge is -2.25. The Bertz CT molecular complexity index is 1200. The number of carbonyl (C=O) groups is 1. The number of aromatic nitrogens is 2. The van der Waals surface area contributed by atoms with Gasteiger partial charge in [0.2, 0.25) is 15.9 Å². The molecular formula is C23H27FN4O4S. The number of nitrogens with one attached hydrogen (secondary N) is 1. The third kappa shape index (κ3) is 6.23. The van der Waals surface area contributed by atoms with E-state index in [1.165, 1.54) is 46.8 Å². The van der Waals surface area contributed by atoms with Gasteiger partial charge in [-0.25, -0.2) is 12.8 Å². The molecule has 10 heteroatoms. The van der Waals surface area contributed by atoms with Gasteiger partial charge in [-0.3, -0.25) is 10.1 Å². The molecule has 33 heavy (non-hydrogen) atoms. The summed E-state index contributed by atoms with van der Waals surface area (Å²) in [6.07, 6.45) is 0. The lowest BCUT2D eigenvalue weighted by Crippen LogP contribution is -2.37. The Labute approximate surface area is 192 Å².